The van der Waals surface area contributed by atoms with Gasteiger partial charge in [-0.25, -0.2) is 0 Å². The molecular weight excluding hydrogens is 550 g/mol. The number of amides is 3. The second kappa shape index (κ2) is 13.0. The molecule has 42 heavy (non-hydrogen) atoms. The summed E-state index contributed by atoms with van der Waals surface area (Å²) in [5.74, 6) is -1.25. The van der Waals surface area contributed by atoms with E-state index in [1.54, 1.807) is 19.1 Å². The maximum Gasteiger partial charge on any atom is 0.254 e. The molecule has 0 radical (unpaired) electrons. The Balaban J connectivity index is 1.57. The summed E-state index contributed by atoms with van der Waals surface area (Å²) in [6.45, 7) is 9.71. The van der Waals surface area contributed by atoms with Crippen LogP contribution in [0.3, 0.4) is 0 Å². The van der Waals surface area contributed by atoms with E-state index in [9.17, 15) is 24.6 Å². The molecule has 1 aliphatic rings. The largest absolute Gasteiger partial charge is 0.508 e. The fourth-order valence-corrected chi connectivity index (χ4v) is 6.32. The lowest BCUT2D eigenvalue weighted by molar-refractivity contribution is -0.147. The minimum atomic E-state index is -1.62. The highest BCUT2D eigenvalue weighted by Gasteiger charge is 2.49. The van der Waals surface area contributed by atoms with Gasteiger partial charge in [-0.2, -0.15) is 0 Å². The quantitative estimate of drug-likeness (QED) is 0.300. The predicted molar refractivity (Wildman–Crippen MR) is 165 cm³/mol. The van der Waals surface area contributed by atoms with Gasteiger partial charge >= 0.3 is 0 Å². The third-order valence-electron chi connectivity index (χ3n) is 7.87. The summed E-state index contributed by atoms with van der Waals surface area (Å²) >= 11 is 1.46. The van der Waals surface area contributed by atoms with E-state index in [1.807, 2.05) is 76.2 Å². The molecule has 0 aromatic heterocycles. The first-order chi connectivity index (χ1) is 19.9. The van der Waals surface area contributed by atoms with Crippen molar-refractivity contribution in [2.24, 2.45) is 0 Å². The Morgan fingerprint density at radius 3 is 2.38 bits per heavy atom. The smallest absolute Gasteiger partial charge is 0.254 e. The number of hydrogen-bond acceptors (Lipinski definition) is 6. The number of nitrogens with zero attached hydrogens (tertiary/aromatic N) is 1. The van der Waals surface area contributed by atoms with Gasteiger partial charge in [-0.1, -0.05) is 60.2 Å². The summed E-state index contributed by atoms with van der Waals surface area (Å²) in [7, 11) is 0. The molecule has 0 bridgehead atoms. The lowest BCUT2D eigenvalue weighted by Crippen LogP contribution is -2.58. The summed E-state index contributed by atoms with van der Waals surface area (Å²) in [6.07, 6.45) is -1.43. The second-order valence-corrected chi connectivity index (χ2v) is 13.0. The average Bonchev–Trinajstić information content (AvgIpc) is 3.28. The zero-order valence-electron chi connectivity index (χ0n) is 24.7. The molecule has 4 rings (SSSR count). The maximum absolute atomic E-state index is 13.9. The molecule has 0 spiro atoms. The SMILES string of the molecule is Cc1ccc(C[C@H](NC(=O)c2cccc(O)c2C)[C@H](O)C(=O)N2CSC(C)(C)[C@H]2C(=O)NCc2ccccc2C)cc1. The number of aliphatic hydroxyl groups is 1. The second-order valence-electron chi connectivity index (χ2n) is 11.4. The standard InChI is InChI=1S/C33H39N3O5S/c1-20-13-15-23(16-14-20)17-26(35-30(39)25-11-8-12-27(37)22(25)3)28(38)32(41)36-19-42-33(4,5)29(36)31(40)34-18-24-10-7-6-9-21(24)2/h6-16,26,28-29,37-38H,17-19H2,1-5H3,(H,34,40)(H,35,39)/t26-,28-,29+/m0/s1. The third kappa shape index (κ3) is 6.97. The van der Waals surface area contributed by atoms with Crippen molar-refractivity contribution < 1.29 is 24.6 Å². The number of aryl methyl sites for hydroxylation is 2. The van der Waals surface area contributed by atoms with Crippen molar-refractivity contribution in [3.63, 3.8) is 0 Å². The maximum atomic E-state index is 13.9. The molecule has 4 N–H and O–H groups in total. The first-order valence-corrected chi connectivity index (χ1v) is 15.0. The van der Waals surface area contributed by atoms with E-state index in [2.05, 4.69) is 10.6 Å². The molecule has 9 heteroatoms. The van der Waals surface area contributed by atoms with Gasteiger partial charge in [0.05, 0.1) is 11.9 Å². The molecule has 222 valence electrons. The number of benzene rings is 3. The van der Waals surface area contributed by atoms with E-state index in [-0.39, 0.29) is 29.5 Å². The fraction of sp³-hybridized carbons (Fsp3) is 0.364. The Morgan fingerprint density at radius 2 is 1.69 bits per heavy atom. The molecule has 1 fully saturated rings. The molecule has 3 amide bonds. The monoisotopic (exact) mass is 589 g/mol. The number of carbonyl (C=O) groups excluding carboxylic acids is 3. The molecule has 1 heterocycles. The van der Waals surface area contributed by atoms with Crippen molar-refractivity contribution in [2.75, 3.05) is 5.88 Å². The van der Waals surface area contributed by atoms with Gasteiger partial charge < -0.3 is 25.7 Å². The van der Waals surface area contributed by atoms with Crippen LogP contribution in [0.15, 0.2) is 66.7 Å². The molecule has 1 aliphatic heterocycles. The van der Waals surface area contributed by atoms with Gasteiger partial charge in [-0.3, -0.25) is 14.4 Å². The lowest BCUT2D eigenvalue weighted by atomic mass is 9.96. The van der Waals surface area contributed by atoms with E-state index in [1.165, 1.54) is 22.7 Å². The normalized spacial score (nSPS) is 17.4. The van der Waals surface area contributed by atoms with Crippen molar-refractivity contribution in [1.29, 1.82) is 0 Å². The van der Waals surface area contributed by atoms with Crippen LogP contribution in [0.5, 0.6) is 5.75 Å². The molecule has 8 nitrogen and oxygen atoms in total. The van der Waals surface area contributed by atoms with E-state index < -0.39 is 34.7 Å². The van der Waals surface area contributed by atoms with Crippen LogP contribution >= 0.6 is 11.8 Å². The van der Waals surface area contributed by atoms with Gasteiger partial charge in [-0.15, -0.1) is 11.8 Å². The van der Waals surface area contributed by atoms with Crippen molar-refractivity contribution in [1.82, 2.24) is 15.5 Å². The molecule has 1 saturated heterocycles. The van der Waals surface area contributed by atoms with Crippen LogP contribution < -0.4 is 10.6 Å². The van der Waals surface area contributed by atoms with E-state index >= 15 is 0 Å². The predicted octanol–water partition coefficient (Wildman–Crippen LogP) is 4.02. The summed E-state index contributed by atoms with van der Waals surface area (Å²) < 4.78 is -0.598. The zero-order valence-corrected chi connectivity index (χ0v) is 25.5. The molecule has 3 atom stereocenters. The van der Waals surface area contributed by atoms with Gasteiger partial charge in [0.2, 0.25) is 5.91 Å². The Labute approximate surface area is 251 Å². The third-order valence-corrected chi connectivity index (χ3v) is 9.24. The first-order valence-electron chi connectivity index (χ1n) is 14.0. The Kier molecular flexibility index (Phi) is 9.64. The Morgan fingerprint density at radius 1 is 1.00 bits per heavy atom. The number of hydrogen-bond donors (Lipinski definition) is 4. The van der Waals surface area contributed by atoms with Gasteiger partial charge in [0.1, 0.15) is 11.8 Å². The molecular formula is C33H39N3O5S. The van der Waals surface area contributed by atoms with Gasteiger partial charge in [0.25, 0.3) is 11.8 Å². The van der Waals surface area contributed by atoms with Crippen LogP contribution in [-0.4, -0.2) is 61.6 Å². The van der Waals surface area contributed by atoms with Gasteiger partial charge in [0.15, 0.2) is 6.10 Å². The van der Waals surface area contributed by atoms with Crippen molar-refractivity contribution in [3.8, 4) is 5.75 Å². The topological polar surface area (TPSA) is 119 Å². The summed E-state index contributed by atoms with van der Waals surface area (Å²) in [5.41, 5.74) is 4.56. The van der Waals surface area contributed by atoms with Crippen LogP contribution in [-0.2, 0) is 22.6 Å². The number of nitrogens with one attached hydrogen (secondary N) is 2. The highest BCUT2D eigenvalue weighted by Crippen LogP contribution is 2.40. The number of phenols is 1. The van der Waals surface area contributed by atoms with Crippen molar-refractivity contribution in [2.45, 2.75) is 70.5 Å². The van der Waals surface area contributed by atoms with E-state index in [0.29, 0.717) is 12.1 Å². The zero-order chi connectivity index (χ0) is 30.6. The van der Waals surface area contributed by atoms with Gasteiger partial charge in [-0.05, 0) is 69.9 Å². The first kappa shape index (κ1) is 31.1. The van der Waals surface area contributed by atoms with Crippen LogP contribution in [0, 0.1) is 20.8 Å². The molecule has 3 aromatic rings. The molecule has 3 aromatic carbocycles. The Bertz CT molecular complexity index is 1460. The highest BCUT2D eigenvalue weighted by molar-refractivity contribution is 8.00. The molecule has 0 unspecified atom stereocenters. The minimum absolute atomic E-state index is 0.0229. The minimum Gasteiger partial charge on any atom is -0.508 e. The number of carbonyl (C=O) groups is 3. The number of aromatic hydroxyl groups is 1. The highest BCUT2D eigenvalue weighted by atomic mass is 32.2. The summed E-state index contributed by atoms with van der Waals surface area (Å²) in [5, 5.41) is 27.4. The Hall–Kier alpha value is -3.82. The van der Waals surface area contributed by atoms with Crippen LogP contribution in [0.4, 0.5) is 0 Å². The summed E-state index contributed by atoms with van der Waals surface area (Å²) in [6, 6.07) is 18.2. The van der Waals surface area contributed by atoms with Crippen LogP contribution in [0.1, 0.15) is 52.0 Å². The van der Waals surface area contributed by atoms with E-state index in [0.717, 1.165) is 22.3 Å². The van der Waals surface area contributed by atoms with Crippen molar-refractivity contribution in [3.05, 3.63) is 100 Å². The average molecular weight is 590 g/mol. The molecule has 0 aliphatic carbocycles. The number of aliphatic hydroxyl groups excluding tert-OH is 1. The molecule has 0 saturated carbocycles. The van der Waals surface area contributed by atoms with Crippen molar-refractivity contribution >= 4 is 29.5 Å². The van der Waals surface area contributed by atoms with Gasteiger partial charge in [0, 0.05) is 22.4 Å². The van der Waals surface area contributed by atoms with E-state index in [4.69, 9.17) is 0 Å². The number of rotatable bonds is 9. The number of phenolic OH excluding ortho intramolecular Hbond substituents is 1. The van der Waals surface area contributed by atoms with Crippen LogP contribution in [0.25, 0.3) is 0 Å². The number of thioether (sulfide) groups is 1. The fourth-order valence-electron chi connectivity index (χ4n) is 5.18. The summed E-state index contributed by atoms with van der Waals surface area (Å²) in [4.78, 5) is 42.1. The lowest BCUT2D eigenvalue weighted by Gasteiger charge is -2.33. The van der Waals surface area contributed by atoms with Crippen LogP contribution in [0.2, 0.25) is 0 Å².